The standard InChI is InChI=1S/C9H13BrN4/c1-12-9(14-11)13-6-7-3-2-4-8(10)5-7/h2-5H,6,11H2,1H3,(H2,12,13,14). The Morgan fingerprint density at radius 3 is 2.93 bits per heavy atom. The van der Waals surface area contributed by atoms with Crippen LogP contribution in [0.4, 0.5) is 0 Å². The van der Waals surface area contributed by atoms with Crippen LogP contribution in [0.2, 0.25) is 0 Å². The van der Waals surface area contributed by atoms with E-state index in [0.717, 1.165) is 10.0 Å². The fourth-order valence-corrected chi connectivity index (χ4v) is 1.47. The van der Waals surface area contributed by atoms with Crippen LogP contribution in [0.1, 0.15) is 5.56 Å². The molecule has 0 radical (unpaired) electrons. The number of benzene rings is 1. The summed E-state index contributed by atoms with van der Waals surface area (Å²) < 4.78 is 1.06. The van der Waals surface area contributed by atoms with Crippen molar-refractivity contribution in [3.05, 3.63) is 34.3 Å². The lowest BCUT2D eigenvalue weighted by atomic mass is 10.2. The molecular weight excluding hydrogens is 244 g/mol. The summed E-state index contributed by atoms with van der Waals surface area (Å²) in [6.07, 6.45) is 0. The predicted molar refractivity (Wildman–Crippen MR) is 61.7 cm³/mol. The minimum absolute atomic E-state index is 0.574. The second-order valence-electron chi connectivity index (χ2n) is 2.70. The average Bonchev–Trinajstić information content (AvgIpc) is 2.19. The first-order valence-electron chi connectivity index (χ1n) is 4.18. The minimum Gasteiger partial charge on any atom is -0.351 e. The molecule has 1 rings (SSSR count). The lowest BCUT2D eigenvalue weighted by Crippen LogP contribution is -2.40. The Hall–Kier alpha value is -1.07. The Morgan fingerprint density at radius 1 is 1.57 bits per heavy atom. The molecule has 0 unspecified atom stereocenters. The van der Waals surface area contributed by atoms with Crippen molar-refractivity contribution >= 4 is 21.9 Å². The molecule has 0 heterocycles. The van der Waals surface area contributed by atoms with Crippen LogP contribution in [-0.4, -0.2) is 13.0 Å². The topological polar surface area (TPSA) is 62.4 Å². The van der Waals surface area contributed by atoms with Crippen LogP contribution < -0.4 is 16.6 Å². The molecule has 76 valence electrons. The molecule has 0 amide bonds. The van der Waals surface area contributed by atoms with Crippen molar-refractivity contribution in [2.24, 2.45) is 10.8 Å². The number of rotatable bonds is 2. The molecule has 0 atom stereocenters. The summed E-state index contributed by atoms with van der Waals surface area (Å²) in [7, 11) is 1.67. The molecule has 0 fully saturated rings. The third kappa shape index (κ3) is 3.35. The summed E-state index contributed by atoms with van der Waals surface area (Å²) in [6, 6.07) is 8.04. The van der Waals surface area contributed by atoms with Gasteiger partial charge in [0, 0.05) is 18.1 Å². The van der Waals surface area contributed by atoms with E-state index >= 15 is 0 Å². The van der Waals surface area contributed by atoms with Gasteiger partial charge in [-0.1, -0.05) is 28.1 Å². The van der Waals surface area contributed by atoms with E-state index in [2.05, 4.69) is 31.7 Å². The quantitative estimate of drug-likeness (QED) is 0.320. The molecule has 0 aromatic heterocycles. The van der Waals surface area contributed by atoms with Crippen molar-refractivity contribution in [3.8, 4) is 0 Å². The van der Waals surface area contributed by atoms with Gasteiger partial charge >= 0.3 is 0 Å². The number of hydrogen-bond acceptors (Lipinski definition) is 2. The molecule has 0 aliphatic rings. The van der Waals surface area contributed by atoms with Crippen molar-refractivity contribution in [2.45, 2.75) is 6.54 Å². The predicted octanol–water partition coefficient (Wildman–Crippen LogP) is 0.988. The van der Waals surface area contributed by atoms with Gasteiger partial charge < -0.3 is 5.32 Å². The van der Waals surface area contributed by atoms with Crippen LogP contribution in [0.5, 0.6) is 0 Å². The van der Waals surface area contributed by atoms with Crippen molar-refractivity contribution in [2.75, 3.05) is 7.05 Å². The van der Waals surface area contributed by atoms with Crippen LogP contribution in [0.25, 0.3) is 0 Å². The highest BCUT2D eigenvalue weighted by Crippen LogP contribution is 2.10. The summed E-state index contributed by atoms with van der Waals surface area (Å²) in [4.78, 5) is 3.90. The van der Waals surface area contributed by atoms with Crippen molar-refractivity contribution in [1.82, 2.24) is 10.7 Å². The van der Waals surface area contributed by atoms with Gasteiger partial charge in [0.1, 0.15) is 0 Å². The lowest BCUT2D eigenvalue weighted by Gasteiger charge is -2.08. The fraction of sp³-hybridized carbons (Fsp3) is 0.222. The van der Waals surface area contributed by atoms with Gasteiger partial charge in [-0.25, -0.2) is 5.84 Å². The summed E-state index contributed by atoms with van der Waals surface area (Å²) >= 11 is 3.40. The van der Waals surface area contributed by atoms with E-state index in [0.29, 0.717) is 12.5 Å². The largest absolute Gasteiger partial charge is 0.351 e. The number of nitrogens with zero attached hydrogens (tertiary/aromatic N) is 1. The molecule has 0 aliphatic carbocycles. The van der Waals surface area contributed by atoms with E-state index in [-0.39, 0.29) is 0 Å². The highest BCUT2D eigenvalue weighted by atomic mass is 79.9. The van der Waals surface area contributed by atoms with Crippen molar-refractivity contribution < 1.29 is 0 Å². The molecule has 1 aromatic carbocycles. The van der Waals surface area contributed by atoms with Gasteiger partial charge in [-0.15, -0.1) is 0 Å². The number of halogens is 1. The van der Waals surface area contributed by atoms with Gasteiger partial charge in [0.2, 0.25) is 5.96 Å². The summed E-state index contributed by atoms with van der Waals surface area (Å²) in [5.41, 5.74) is 3.63. The number of hydrazine groups is 1. The normalized spacial score (nSPS) is 11.2. The highest BCUT2D eigenvalue weighted by Gasteiger charge is 1.95. The molecule has 0 bridgehead atoms. The van der Waals surface area contributed by atoms with Crippen LogP contribution in [0.3, 0.4) is 0 Å². The smallest absolute Gasteiger partial charge is 0.205 e. The number of hydrogen-bond donors (Lipinski definition) is 3. The van der Waals surface area contributed by atoms with Crippen molar-refractivity contribution in [3.63, 3.8) is 0 Å². The first kappa shape index (κ1) is 11.0. The van der Waals surface area contributed by atoms with E-state index in [1.807, 2.05) is 24.3 Å². The third-order valence-electron chi connectivity index (χ3n) is 1.71. The Labute approximate surface area is 91.7 Å². The Balaban J connectivity index is 2.53. The Morgan fingerprint density at radius 2 is 2.36 bits per heavy atom. The van der Waals surface area contributed by atoms with E-state index < -0.39 is 0 Å². The van der Waals surface area contributed by atoms with Crippen LogP contribution >= 0.6 is 15.9 Å². The van der Waals surface area contributed by atoms with Gasteiger partial charge in [-0.3, -0.25) is 10.4 Å². The summed E-state index contributed by atoms with van der Waals surface area (Å²) in [6.45, 7) is 0.691. The van der Waals surface area contributed by atoms with Crippen molar-refractivity contribution in [1.29, 1.82) is 0 Å². The first-order valence-corrected chi connectivity index (χ1v) is 4.97. The molecule has 0 spiro atoms. The van der Waals surface area contributed by atoms with Gasteiger partial charge in [-0.2, -0.15) is 0 Å². The van der Waals surface area contributed by atoms with Gasteiger partial charge in [0.05, 0.1) is 0 Å². The molecule has 0 aliphatic heterocycles. The maximum absolute atomic E-state index is 5.22. The monoisotopic (exact) mass is 256 g/mol. The van der Waals surface area contributed by atoms with E-state index in [1.54, 1.807) is 7.05 Å². The first-order chi connectivity index (χ1) is 6.76. The molecular formula is C9H13BrN4. The molecule has 5 heteroatoms. The van der Waals surface area contributed by atoms with E-state index in [4.69, 9.17) is 5.84 Å². The zero-order valence-corrected chi connectivity index (χ0v) is 9.51. The second kappa shape index (κ2) is 5.62. The SMILES string of the molecule is CN=C(NN)NCc1cccc(Br)c1. The molecule has 14 heavy (non-hydrogen) atoms. The van der Waals surface area contributed by atoms with Gasteiger partial charge in [0.25, 0.3) is 0 Å². The zero-order valence-electron chi connectivity index (χ0n) is 7.92. The Bertz CT molecular complexity index is 324. The Kier molecular flexibility index (Phi) is 4.42. The molecule has 4 nitrogen and oxygen atoms in total. The molecule has 4 N–H and O–H groups in total. The zero-order chi connectivity index (χ0) is 10.4. The highest BCUT2D eigenvalue weighted by molar-refractivity contribution is 9.10. The molecule has 1 aromatic rings. The number of nitrogens with one attached hydrogen (secondary N) is 2. The second-order valence-corrected chi connectivity index (χ2v) is 3.62. The van der Waals surface area contributed by atoms with E-state index in [1.165, 1.54) is 0 Å². The van der Waals surface area contributed by atoms with Gasteiger partial charge in [0.15, 0.2) is 0 Å². The lowest BCUT2D eigenvalue weighted by molar-refractivity contribution is 0.840. The average molecular weight is 257 g/mol. The third-order valence-corrected chi connectivity index (χ3v) is 2.20. The number of aliphatic imine (C=N–C) groups is 1. The summed E-state index contributed by atoms with van der Waals surface area (Å²) in [5, 5.41) is 3.06. The fourth-order valence-electron chi connectivity index (χ4n) is 1.03. The van der Waals surface area contributed by atoms with E-state index in [9.17, 15) is 0 Å². The maximum Gasteiger partial charge on any atom is 0.205 e. The molecule has 0 saturated heterocycles. The number of nitrogens with two attached hydrogens (primary N) is 1. The maximum atomic E-state index is 5.22. The van der Waals surface area contributed by atoms with Crippen LogP contribution in [0, 0.1) is 0 Å². The number of guanidine groups is 1. The van der Waals surface area contributed by atoms with Crippen LogP contribution in [-0.2, 0) is 6.54 Å². The summed E-state index contributed by atoms with van der Waals surface area (Å²) in [5.74, 6) is 5.80. The minimum atomic E-state index is 0.574. The molecule has 0 saturated carbocycles. The van der Waals surface area contributed by atoms with Gasteiger partial charge in [-0.05, 0) is 17.7 Å². The van der Waals surface area contributed by atoms with Crippen LogP contribution in [0.15, 0.2) is 33.7 Å².